The van der Waals surface area contributed by atoms with Crippen molar-refractivity contribution in [1.82, 2.24) is 19.7 Å². The van der Waals surface area contributed by atoms with E-state index in [1.54, 1.807) is 46.4 Å². The summed E-state index contributed by atoms with van der Waals surface area (Å²) < 4.78 is 1.65. The fourth-order valence-electron chi connectivity index (χ4n) is 2.63. The van der Waals surface area contributed by atoms with Crippen LogP contribution in [0.5, 0.6) is 0 Å². The number of piperidine rings is 1. The Morgan fingerprint density at radius 1 is 1.32 bits per heavy atom. The number of amides is 1. The molecule has 0 unspecified atom stereocenters. The summed E-state index contributed by atoms with van der Waals surface area (Å²) in [4.78, 5) is 29.3. The zero-order chi connectivity index (χ0) is 15.5. The molecule has 2 aromatic rings. The van der Waals surface area contributed by atoms with Crippen LogP contribution in [0.3, 0.4) is 0 Å². The second kappa shape index (κ2) is 5.97. The first-order valence-electron chi connectivity index (χ1n) is 7.13. The Bertz CT molecular complexity index is 684. The zero-order valence-electron chi connectivity index (χ0n) is 11.9. The van der Waals surface area contributed by atoms with Crippen LogP contribution in [0, 0.1) is 5.92 Å². The molecule has 1 aliphatic heterocycles. The molecule has 7 heteroatoms. The summed E-state index contributed by atoms with van der Waals surface area (Å²) in [7, 11) is 0. The number of carboxylic acid groups (broad SMARTS) is 1. The number of hydrogen-bond donors (Lipinski definition) is 1. The lowest BCUT2D eigenvalue weighted by Gasteiger charge is -2.30. The van der Waals surface area contributed by atoms with Crippen LogP contribution in [0.15, 0.2) is 36.8 Å². The molecular weight excluding hydrogens is 284 g/mol. The van der Waals surface area contributed by atoms with E-state index < -0.39 is 11.9 Å². The topological polar surface area (TPSA) is 88.3 Å². The van der Waals surface area contributed by atoms with Gasteiger partial charge >= 0.3 is 5.97 Å². The second-order valence-corrected chi connectivity index (χ2v) is 5.28. The van der Waals surface area contributed by atoms with Crippen LogP contribution >= 0.6 is 0 Å². The van der Waals surface area contributed by atoms with Crippen LogP contribution in [-0.2, 0) is 4.79 Å². The number of carbonyl (C=O) groups is 2. The molecule has 2 aromatic heterocycles. The van der Waals surface area contributed by atoms with Crippen molar-refractivity contribution >= 4 is 11.9 Å². The number of rotatable bonds is 3. The van der Waals surface area contributed by atoms with Crippen molar-refractivity contribution in [3.8, 4) is 5.69 Å². The van der Waals surface area contributed by atoms with Gasteiger partial charge in [-0.25, -0.2) is 4.68 Å². The summed E-state index contributed by atoms with van der Waals surface area (Å²) >= 11 is 0. The van der Waals surface area contributed by atoms with Gasteiger partial charge in [-0.3, -0.25) is 14.6 Å². The Morgan fingerprint density at radius 2 is 2.18 bits per heavy atom. The maximum absolute atomic E-state index is 12.5. The molecule has 114 valence electrons. The molecule has 0 aromatic carbocycles. The highest BCUT2D eigenvalue weighted by atomic mass is 16.4. The molecule has 1 N–H and O–H groups in total. The molecule has 22 heavy (non-hydrogen) atoms. The molecule has 0 saturated carbocycles. The van der Waals surface area contributed by atoms with E-state index in [1.165, 1.54) is 0 Å². The van der Waals surface area contributed by atoms with Gasteiger partial charge in [0, 0.05) is 31.7 Å². The van der Waals surface area contributed by atoms with Crippen LogP contribution in [0.1, 0.15) is 23.3 Å². The molecule has 0 aliphatic carbocycles. The Balaban J connectivity index is 1.80. The van der Waals surface area contributed by atoms with Crippen LogP contribution < -0.4 is 0 Å². The minimum atomic E-state index is -0.851. The molecule has 7 nitrogen and oxygen atoms in total. The largest absolute Gasteiger partial charge is 0.481 e. The lowest BCUT2D eigenvalue weighted by atomic mass is 9.98. The smallest absolute Gasteiger partial charge is 0.308 e. The van der Waals surface area contributed by atoms with E-state index in [-0.39, 0.29) is 12.5 Å². The van der Waals surface area contributed by atoms with Crippen molar-refractivity contribution in [2.24, 2.45) is 5.92 Å². The van der Waals surface area contributed by atoms with Crippen molar-refractivity contribution in [3.63, 3.8) is 0 Å². The van der Waals surface area contributed by atoms with Crippen molar-refractivity contribution in [2.75, 3.05) is 13.1 Å². The predicted molar refractivity (Wildman–Crippen MR) is 77.6 cm³/mol. The van der Waals surface area contributed by atoms with Gasteiger partial charge in [0.15, 0.2) is 0 Å². The van der Waals surface area contributed by atoms with E-state index >= 15 is 0 Å². The first kappa shape index (κ1) is 14.2. The molecule has 0 bridgehead atoms. The molecule has 1 aliphatic rings. The first-order chi connectivity index (χ1) is 10.6. The van der Waals surface area contributed by atoms with Crippen LogP contribution in [-0.4, -0.2) is 49.7 Å². The fourth-order valence-corrected chi connectivity index (χ4v) is 2.63. The summed E-state index contributed by atoms with van der Waals surface area (Å²) in [6, 6.07) is 5.23. The van der Waals surface area contributed by atoms with E-state index in [2.05, 4.69) is 10.1 Å². The average molecular weight is 300 g/mol. The van der Waals surface area contributed by atoms with E-state index in [0.29, 0.717) is 25.1 Å². The first-order valence-corrected chi connectivity index (χ1v) is 7.13. The quantitative estimate of drug-likeness (QED) is 0.920. The van der Waals surface area contributed by atoms with E-state index in [9.17, 15) is 9.59 Å². The molecule has 3 rings (SSSR count). The standard InChI is InChI=1S/C15H16N4O3/c20-14(18-7-1-3-11(10-18)15(21)22)13-9-12(4-6-16-13)19-8-2-5-17-19/h2,4-6,8-9,11H,1,3,7,10H2,(H,21,22)/t11-/m0/s1. The Kier molecular flexibility index (Phi) is 3.86. The normalized spacial score (nSPS) is 18.2. The number of carbonyl (C=O) groups excluding carboxylic acids is 1. The molecular formula is C15H16N4O3. The van der Waals surface area contributed by atoms with Crippen LogP contribution in [0.4, 0.5) is 0 Å². The molecule has 1 fully saturated rings. The van der Waals surface area contributed by atoms with Gasteiger partial charge in [0.25, 0.3) is 5.91 Å². The lowest BCUT2D eigenvalue weighted by molar-refractivity contribution is -0.143. The highest BCUT2D eigenvalue weighted by Crippen LogP contribution is 2.19. The number of hydrogen-bond acceptors (Lipinski definition) is 4. The Hall–Kier alpha value is -2.70. The van der Waals surface area contributed by atoms with E-state index in [0.717, 1.165) is 5.69 Å². The highest BCUT2D eigenvalue weighted by Gasteiger charge is 2.29. The molecule has 1 atom stereocenters. The van der Waals surface area contributed by atoms with Gasteiger partial charge in [0.1, 0.15) is 5.69 Å². The van der Waals surface area contributed by atoms with E-state index in [1.807, 2.05) is 0 Å². The van der Waals surface area contributed by atoms with Crippen molar-refractivity contribution in [1.29, 1.82) is 0 Å². The number of likely N-dealkylation sites (tertiary alicyclic amines) is 1. The number of nitrogens with zero attached hydrogens (tertiary/aromatic N) is 4. The Labute approximate surface area is 127 Å². The maximum Gasteiger partial charge on any atom is 0.308 e. The minimum Gasteiger partial charge on any atom is -0.481 e. The van der Waals surface area contributed by atoms with Crippen molar-refractivity contribution in [2.45, 2.75) is 12.8 Å². The third-order valence-electron chi connectivity index (χ3n) is 3.79. The fraction of sp³-hybridized carbons (Fsp3) is 0.333. The van der Waals surface area contributed by atoms with E-state index in [4.69, 9.17) is 5.11 Å². The van der Waals surface area contributed by atoms with Crippen LogP contribution in [0.25, 0.3) is 5.69 Å². The third kappa shape index (κ3) is 2.83. The zero-order valence-corrected chi connectivity index (χ0v) is 11.9. The lowest BCUT2D eigenvalue weighted by Crippen LogP contribution is -2.42. The molecule has 1 amide bonds. The average Bonchev–Trinajstić information content (AvgIpc) is 3.09. The Morgan fingerprint density at radius 3 is 2.91 bits per heavy atom. The third-order valence-corrected chi connectivity index (χ3v) is 3.79. The van der Waals surface area contributed by atoms with Crippen molar-refractivity contribution in [3.05, 3.63) is 42.5 Å². The summed E-state index contributed by atoms with van der Waals surface area (Å²) in [6.45, 7) is 0.804. The number of aromatic nitrogens is 3. The van der Waals surface area contributed by atoms with Crippen molar-refractivity contribution < 1.29 is 14.7 Å². The van der Waals surface area contributed by atoms with Gasteiger partial charge in [-0.2, -0.15) is 5.10 Å². The van der Waals surface area contributed by atoms with Gasteiger partial charge in [0.05, 0.1) is 11.6 Å². The minimum absolute atomic E-state index is 0.236. The summed E-state index contributed by atoms with van der Waals surface area (Å²) in [5.74, 6) is -1.58. The predicted octanol–water partition coefficient (Wildman–Crippen LogP) is 1.20. The molecule has 3 heterocycles. The van der Waals surface area contributed by atoms with Gasteiger partial charge in [-0.1, -0.05) is 0 Å². The van der Waals surface area contributed by atoms with Crippen LogP contribution in [0.2, 0.25) is 0 Å². The second-order valence-electron chi connectivity index (χ2n) is 5.28. The summed E-state index contributed by atoms with van der Waals surface area (Å²) in [5, 5.41) is 13.2. The molecule has 0 radical (unpaired) electrons. The number of pyridine rings is 1. The summed E-state index contributed by atoms with van der Waals surface area (Å²) in [6.07, 6.45) is 6.30. The van der Waals surface area contributed by atoms with Gasteiger partial charge in [-0.15, -0.1) is 0 Å². The maximum atomic E-state index is 12.5. The highest BCUT2D eigenvalue weighted by molar-refractivity contribution is 5.93. The molecule has 0 spiro atoms. The SMILES string of the molecule is O=C(O)[C@H]1CCCN(C(=O)c2cc(-n3cccn3)ccn2)C1. The van der Waals surface area contributed by atoms with Gasteiger partial charge in [-0.05, 0) is 31.0 Å². The monoisotopic (exact) mass is 300 g/mol. The number of carboxylic acids is 1. The van der Waals surface area contributed by atoms with Gasteiger partial charge < -0.3 is 10.0 Å². The van der Waals surface area contributed by atoms with Gasteiger partial charge in [0.2, 0.25) is 0 Å². The molecule has 1 saturated heterocycles. The number of aliphatic carboxylic acids is 1. The summed E-state index contributed by atoms with van der Waals surface area (Å²) in [5.41, 5.74) is 1.05.